The number of hydrogen-bond donors (Lipinski definition) is 2. The first-order chi connectivity index (χ1) is 7.66. The van der Waals surface area contributed by atoms with Gasteiger partial charge < -0.3 is 10.4 Å². The third-order valence-corrected chi connectivity index (χ3v) is 3.53. The van der Waals surface area contributed by atoms with Crippen molar-refractivity contribution in [3.05, 3.63) is 5.82 Å². The van der Waals surface area contributed by atoms with Crippen molar-refractivity contribution in [3.63, 3.8) is 0 Å². The molecule has 0 aliphatic heterocycles. The number of rotatable bonds is 4. The van der Waals surface area contributed by atoms with Gasteiger partial charge in [0, 0.05) is 17.5 Å². The number of carboxylic acids is 1. The molecule has 1 heterocycles. The molecule has 1 saturated carbocycles. The predicted octanol–water partition coefficient (Wildman–Crippen LogP) is 2.08. The molecule has 5 nitrogen and oxygen atoms in total. The Morgan fingerprint density at radius 2 is 2.25 bits per heavy atom. The summed E-state index contributed by atoms with van der Waals surface area (Å²) in [6.07, 6.45) is 4.81. The van der Waals surface area contributed by atoms with E-state index in [4.69, 9.17) is 5.11 Å². The second-order valence-corrected chi connectivity index (χ2v) is 4.90. The molecule has 1 aliphatic carbocycles. The molecule has 0 aromatic carbocycles. The first-order valence-electron chi connectivity index (χ1n) is 5.50. The number of nitrogens with zero attached hydrogens (tertiary/aromatic N) is 2. The summed E-state index contributed by atoms with van der Waals surface area (Å²) in [6.45, 7) is 1.60. The average Bonchev–Trinajstić information content (AvgIpc) is 2.85. The Morgan fingerprint density at radius 1 is 1.56 bits per heavy atom. The number of hydrogen-bond acceptors (Lipinski definition) is 5. The zero-order valence-corrected chi connectivity index (χ0v) is 9.96. The highest BCUT2D eigenvalue weighted by atomic mass is 32.1. The zero-order valence-electron chi connectivity index (χ0n) is 9.14. The smallest absolute Gasteiger partial charge is 0.325 e. The second-order valence-electron chi connectivity index (χ2n) is 4.14. The van der Waals surface area contributed by atoms with Gasteiger partial charge in [0.1, 0.15) is 11.9 Å². The molecule has 1 atom stereocenters. The van der Waals surface area contributed by atoms with Gasteiger partial charge in [-0.25, -0.2) is 4.98 Å². The Kier molecular flexibility index (Phi) is 3.38. The van der Waals surface area contributed by atoms with Gasteiger partial charge >= 0.3 is 5.97 Å². The van der Waals surface area contributed by atoms with Crippen LogP contribution in [0.2, 0.25) is 0 Å². The molecule has 1 aromatic heterocycles. The highest BCUT2D eigenvalue weighted by Crippen LogP contribution is 2.33. The van der Waals surface area contributed by atoms with Gasteiger partial charge in [0.15, 0.2) is 0 Å². The molecule has 1 unspecified atom stereocenters. The van der Waals surface area contributed by atoms with Gasteiger partial charge in [0.05, 0.1) is 0 Å². The van der Waals surface area contributed by atoms with Crippen LogP contribution in [0.25, 0.3) is 0 Å². The van der Waals surface area contributed by atoms with Crippen LogP contribution in [0, 0.1) is 0 Å². The zero-order chi connectivity index (χ0) is 11.5. The normalized spacial score (nSPS) is 18.6. The van der Waals surface area contributed by atoms with Crippen LogP contribution in [0.15, 0.2) is 0 Å². The first kappa shape index (κ1) is 11.3. The minimum atomic E-state index is -0.877. The van der Waals surface area contributed by atoms with Gasteiger partial charge in [-0.3, -0.25) is 4.79 Å². The van der Waals surface area contributed by atoms with E-state index in [-0.39, 0.29) is 0 Å². The molecule has 0 spiro atoms. The lowest BCUT2D eigenvalue weighted by atomic mass is 10.1. The quantitative estimate of drug-likeness (QED) is 0.844. The topological polar surface area (TPSA) is 75.1 Å². The third kappa shape index (κ3) is 2.49. The molecule has 0 radical (unpaired) electrons. The van der Waals surface area contributed by atoms with Crippen molar-refractivity contribution in [1.29, 1.82) is 0 Å². The van der Waals surface area contributed by atoms with Crippen molar-refractivity contribution < 1.29 is 9.90 Å². The molecule has 1 aliphatic rings. The van der Waals surface area contributed by atoms with Crippen molar-refractivity contribution in [3.8, 4) is 0 Å². The fourth-order valence-corrected chi connectivity index (χ4v) is 2.62. The Morgan fingerprint density at radius 3 is 2.88 bits per heavy atom. The van der Waals surface area contributed by atoms with E-state index >= 15 is 0 Å². The predicted molar refractivity (Wildman–Crippen MR) is 61.8 cm³/mol. The summed E-state index contributed by atoms with van der Waals surface area (Å²) >= 11 is 1.25. The van der Waals surface area contributed by atoms with Crippen LogP contribution in [-0.4, -0.2) is 26.5 Å². The van der Waals surface area contributed by atoms with Crippen LogP contribution >= 0.6 is 11.5 Å². The van der Waals surface area contributed by atoms with E-state index in [0.717, 1.165) is 18.7 Å². The number of aliphatic carboxylic acids is 1. The van der Waals surface area contributed by atoms with Crippen molar-refractivity contribution in [2.45, 2.75) is 44.6 Å². The fraction of sp³-hybridized carbons (Fsp3) is 0.700. The maximum Gasteiger partial charge on any atom is 0.325 e. The lowest BCUT2D eigenvalue weighted by Gasteiger charge is -2.06. The van der Waals surface area contributed by atoms with Crippen LogP contribution in [0.1, 0.15) is 44.3 Å². The van der Waals surface area contributed by atoms with E-state index in [9.17, 15) is 4.79 Å². The van der Waals surface area contributed by atoms with Gasteiger partial charge in [-0.15, -0.1) is 0 Å². The summed E-state index contributed by atoms with van der Waals surface area (Å²) in [5, 5.41) is 12.2. The van der Waals surface area contributed by atoms with Crippen LogP contribution in [0.4, 0.5) is 5.13 Å². The summed E-state index contributed by atoms with van der Waals surface area (Å²) in [7, 11) is 0. The summed E-state index contributed by atoms with van der Waals surface area (Å²) in [5.74, 6) is 0.479. The minimum absolute atomic E-state index is 0.479. The molecule has 1 fully saturated rings. The Hall–Kier alpha value is -1.17. The molecular weight excluding hydrogens is 226 g/mol. The lowest BCUT2D eigenvalue weighted by molar-refractivity contribution is -0.137. The number of carboxylic acid groups (broad SMARTS) is 1. The third-order valence-electron chi connectivity index (χ3n) is 2.87. The molecule has 1 aromatic rings. The summed E-state index contributed by atoms with van der Waals surface area (Å²) < 4.78 is 4.29. The van der Waals surface area contributed by atoms with Gasteiger partial charge in [-0.05, 0) is 19.8 Å². The fourth-order valence-electron chi connectivity index (χ4n) is 1.89. The van der Waals surface area contributed by atoms with Crippen molar-refractivity contribution >= 4 is 22.6 Å². The van der Waals surface area contributed by atoms with Crippen molar-refractivity contribution in [1.82, 2.24) is 9.36 Å². The van der Waals surface area contributed by atoms with E-state index in [1.807, 2.05) is 0 Å². The minimum Gasteiger partial charge on any atom is -0.480 e. The van der Waals surface area contributed by atoms with Crippen LogP contribution in [0.5, 0.6) is 0 Å². The number of carbonyl (C=O) groups is 1. The largest absolute Gasteiger partial charge is 0.480 e. The van der Waals surface area contributed by atoms with Crippen molar-refractivity contribution in [2.75, 3.05) is 5.32 Å². The molecule has 6 heteroatoms. The highest BCUT2D eigenvalue weighted by Gasteiger charge is 2.22. The summed E-state index contributed by atoms with van der Waals surface area (Å²) in [4.78, 5) is 15.0. The van der Waals surface area contributed by atoms with E-state index in [1.54, 1.807) is 6.92 Å². The van der Waals surface area contributed by atoms with Gasteiger partial charge in [0.2, 0.25) is 5.13 Å². The molecule has 88 valence electrons. The van der Waals surface area contributed by atoms with E-state index in [0.29, 0.717) is 11.0 Å². The molecule has 2 N–H and O–H groups in total. The average molecular weight is 241 g/mol. The molecule has 0 bridgehead atoms. The molecule has 0 amide bonds. The Balaban J connectivity index is 1.99. The molecule has 2 rings (SSSR count). The molecule has 0 saturated heterocycles. The standard InChI is InChI=1S/C10H15N3O2S/c1-6(9(14)15)11-10-12-8(13-16-10)7-4-2-3-5-7/h6-7H,2-5H2,1H3,(H,14,15)(H,11,12,13). The van der Waals surface area contributed by atoms with Gasteiger partial charge in [0.25, 0.3) is 0 Å². The first-order valence-corrected chi connectivity index (χ1v) is 6.27. The number of anilines is 1. The van der Waals surface area contributed by atoms with Gasteiger partial charge in [-0.1, -0.05) is 12.8 Å². The monoisotopic (exact) mass is 241 g/mol. The summed E-state index contributed by atoms with van der Waals surface area (Å²) in [6, 6.07) is -0.621. The van der Waals surface area contributed by atoms with E-state index in [2.05, 4.69) is 14.7 Å². The molecular formula is C10H15N3O2S. The highest BCUT2D eigenvalue weighted by molar-refractivity contribution is 7.09. The molecule has 16 heavy (non-hydrogen) atoms. The number of nitrogens with one attached hydrogen (secondary N) is 1. The maximum atomic E-state index is 10.7. The number of aromatic nitrogens is 2. The van der Waals surface area contributed by atoms with Crippen LogP contribution in [-0.2, 0) is 4.79 Å². The second kappa shape index (κ2) is 4.78. The summed E-state index contributed by atoms with van der Waals surface area (Å²) in [5.41, 5.74) is 0. The Labute approximate surface area is 98.1 Å². The Bertz CT molecular complexity index is 374. The lowest BCUT2D eigenvalue weighted by Crippen LogP contribution is -2.25. The van der Waals surface area contributed by atoms with E-state index < -0.39 is 12.0 Å². The van der Waals surface area contributed by atoms with Crippen molar-refractivity contribution in [2.24, 2.45) is 0 Å². The maximum absolute atomic E-state index is 10.7. The van der Waals surface area contributed by atoms with Gasteiger partial charge in [-0.2, -0.15) is 4.37 Å². The van der Waals surface area contributed by atoms with Crippen LogP contribution in [0.3, 0.4) is 0 Å². The van der Waals surface area contributed by atoms with Crippen LogP contribution < -0.4 is 5.32 Å². The van der Waals surface area contributed by atoms with E-state index in [1.165, 1.54) is 24.4 Å². The SMILES string of the molecule is CC(Nc1nc(C2CCCC2)ns1)C(=O)O.